The van der Waals surface area contributed by atoms with Crippen LogP contribution in [0.2, 0.25) is 0 Å². The molecule has 0 aliphatic heterocycles. The van der Waals surface area contributed by atoms with Crippen molar-refractivity contribution in [3.05, 3.63) is 0 Å². The Bertz CT molecular complexity index is 793. The van der Waals surface area contributed by atoms with E-state index >= 15 is 0 Å². The molecule has 0 spiro atoms. The molecule has 0 saturated heterocycles. The van der Waals surface area contributed by atoms with Gasteiger partial charge in [-0.15, -0.1) is 0 Å². The molecule has 0 radical (unpaired) electrons. The first-order valence-corrected chi connectivity index (χ1v) is 12.3. The van der Waals surface area contributed by atoms with Crippen LogP contribution in [0.1, 0.15) is 66.7 Å². The molecule has 9 nitrogen and oxygen atoms in total. The van der Waals surface area contributed by atoms with E-state index in [0.717, 1.165) is 19.3 Å². The summed E-state index contributed by atoms with van der Waals surface area (Å²) in [5.41, 5.74) is 1.70. The molecule has 9 atom stereocenters. The Morgan fingerprint density at radius 3 is 2.41 bits per heavy atom. The molecule has 3 saturated carbocycles. The summed E-state index contributed by atoms with van der Waals surface area (Å²) < 4.78 is 36.6. The molecule has 3 aliphatic carbocycles. The normalized spacial score (nSPS) is 39.8. The van der Waals surface area contributed by atoms with Crippen LogP contribution in [0, 0.1) is 29.6 Å². The quantitative estimate of drug-likeness (QED) is 0.370. The van der Waals surface area contributed by atoms with Crippen molar-refractivity contribution in [1.82, 2.24) is 0 Å². The maximum atomic E-state index is 15.0. The van der Waals surface area contributed by atoms with Crippen LogP contribution in [-0.2, 0) is 28.5 Å². The van der Waals surface area contributed by atoms with Gasteiger partial charge in [-0.05, 0) is 43.4 Å². The van der Waals surface area contributed by atoms with Gasteiger partial charge >= 0.3 is 18.1 Å². The molecular weight excluding hydrogens is 449 g/mol. The molecule has 3 N–H and O–H groups in total. The average molecular weight is 488 g/mol. The number of rotatable bonds is 9. The molecule has 3 aliphatic rings. The predicted molar refractivity (Wildman–Crippen MR) is 118 cm³/mol. The minimum absolute atomic E-state index is 0.00714. The van der Waals surface area contributed by atoms with Gasteiger partial charge in [0.25, 0.3) is 0 Å². The fourth-order valence-electron chi connectivity index (χ4n) is 5.87. The summed E-state index contributed by atoms with van der Waals surface area (Å²) in [6.07, 6.45) is -0.132. The van der Waals surface area contributed by atoms with Gasteiger partial charge in [0, 0.05) is 25.4 Å². The maximum absolute atomic E-state index is 15.0. The van der Waals surface area contributed by atoms with Gasteiger partial charge < -0.3 is 29.8 Å². The Hall–Kier alpha value is -1.94. The van der Waals surface area contributed by atoms with E-state index in [1.165, 1.54) is 6.92 Å². The lowest BCUT2D eigenvalue weighted by Crippen LogP contribution is -2.61. The molecular formula is C24H38FNO8. The lowest BCUT2D eigenvalue weighted by molar-refractivity contribution is -0.183. The minimum Gasteiger partial charge on any atom is -0.479 e. The van der Waals surface area contributed by atoms with Gasteiger partial charge in [0.05, 0.1) is 6.10 Å². The number of halogens is 1. The van der Waals surface area contributed by atoms with Crippen LogP contribution in [0.3, 0.4) is 0 Å². The highest BCUT2D eigenvalue weighted by Crippen LogP contribution is 2.67. The van der Waals surface area contributed by atoms with Gasteiger partial charge in [0.1, 0.15) is 11.6 Å². The largest absolute Gasteiger partial charge is 0.511 e. The van der Waals surface area contributed by atoms with Crippen molar-refractivity contribution >= 4 is 18.1 Å². The monoisotopic (exact) mass is 487 g/mol. The number of carboxylic acid groups (broad SMARTS) is 1. The highest BCUT2D eigenvalue weighted by Gasteiger charge is 2.85. The van der Waals surface area contributed by atoms with Crippen molar-refractivity contribution in [2.45, 2.75) is 96.4 Å². The topological polar surface area (TPSA) is 134 Å². The number of carboxylic acids is 1. The van der Waals surface area contributed by atoms with Gasteiger partial charge in [0.2, 0.25) is 12.0 Å². The van der Waals surface area contributed by atoms with Gasteiger partial charge in [-0.3, -0.25) is 0 Å². The number of ether oxygens (including phenoxy) is 4. The van der Waals surface area contributed by atoms with Crippen molar-refractivity contribution in [2.75, 3.05) is 6.61 Å². The molecule has 0 heterocycles. The van der Waals surface area contributed by atoms with E-state index in [0.29, 0.717) is 18.3 Å². The highest BCUT2D eigenvalue weighted by molar-refractivity contribution is 5.91. The molecule has 3 fully saturated rings. The Labute approximate surface area is 199 Å². The number of aliphatic carboxylic acids is 1. The summed E-state index contributed by atoms with van der Waals surface area (Å²) >= 11 is 0. The molecule has 0 aromatic heterocycles. The molecule has 10 heteroatoms. The Morgan fingerprint density at radius 1 is 1.15 bits per heavy atom. The van der Waals surface area contributed by atoms with Crippen molar-refractivity contribution < 1.29 is 42.8 Å². The van der Waals surface area contributed by atoms with Gasteiger partial charge in [-0.1, -0.05) is 34.1 Å². The lowest BCUT2D eigenvalue weighted by Gasteiger charge is -2.36. The molecule has 0 amide bonds. The van der Waals surface area contributed by atoms with Crippen LogP contribution in [0.15, 0.2) is 0 Å². The number of carbonyl (C=O) groups is 3. The second-order valence-electron chi connectivity index (χ2n) is 10.5. The van der Waals surface area contributed by atoms with Gasteiger partial charge in [0.15, 0.2) is 0 Å². The predicted octanol–water partition coefficient (Wildman–Crippen LogP) is 3.42. The fourth-order valence-corrected chi connectivity index (χ4v) is 5.87. The van der Waals surface area contributed by atoms with Gasteiger partial charge in [-0.25, -0.2) is 18.8 Å². The summed E-state index contributed by atoms with van der Waals surface area (Å²) in [5.74, 6) is -3.97. The third-order valence-electron chi connectivity index (χ3n) is 7.75. The van der Waals surface area contributed by atoms with E-state index in [-0.39, 0.29) is 25.0 Å². The number of fused-ring (bicyclic) bond motifs is 1. The summed E-state index contributed by atoms with van der Waals surface area (Å²) in [4.78, 5) is 36.9. The van der Waals surface area contributed by atoms with E-state index in [4.69, 9.17) is 24.7 Å². The van der Waals surface area contributed by atoms with E-state index in [2.05, 4.69) is 20.8 Å². The van der Waals surface area contributed by atoms with Crippen LogP contribution in [-0.4, -0.2) is 59.5 Å². The molecule has 0 bridgehead atoms. The summed E-state index contributed by atoms with van der Waals surface area (Å²) in [6.45, 7) is 9.74. The van der Waals surface area contributed by atoms with E-state index in [1.807, 2.05) is 6.92 Å². The summed E-state index contributed by atoms with van der Waals surface area (Å²) in [7, 11) is 0. The zero-order chi connectivity index (χ0) is 25.4. The van der Waals surface area contributed by atoms with Crippen molar-refractivity contribution in [2.24, 2.45) is 35.3 Å². The number of carbonyl (C=O) groups excluding carboxylic acids is 2. The molecule has 3 rings (SSSR count). The molecule has 0 aromatic carbocycles. The average Bonchev–Trinajstić information content (AvgIpc) is 3.21. The molecule has 34 heavy (non-hydrogen) atoms. The standard InChI is InChI=1S/C24H38FNO8/c1-6-9-31-18-11-16-19(23(16,25)20(27)28)24(18,26)21(29)32-14(5)33-22(30)34-17-10-13(4)7-8-15(17)12(2)3/h12-19H,6-11,26H2,1-5H3,(H,27,28)/t13-,14?,15+,16+,17-,18+,19-,23+,24-/m0/s1. The zero-order valence-corrected chi connectivity index (χ0v) is 20.6. The van der Waals surface area contributed by atoms with Crippen molar-refractivity contribution in [3.8, 4) is 0 Å². The van der Waals surface area contributed by atoms with Gasteiger partial charge in [-0.2, -0.15) is 0 Å². The van der Waals surface area contributed by atoms with E-state index in [9.17, 15) is 23.9 Å². The highest BCUT2D eigenvalue weighted by atomic mass is 19.1. The Kier molecular flexibility index (Phi) is 7.82. The number of hydrogen-bond acceptors (Lipinski definition) is 8. The number of esters is 1. The second kappa shape index (κ2) is 9.97. The van der Waals surface area contributed by atoms with Crippen molar-refractivity contribution in [3.63, 3.8) is 0 Å². The van der Waals surface area contributed by atoms with E-state index < -0.39 is 53.5 Å². The molecule has 0 aromatic rings. The first-order chi connectivity index (χ1) is 15.9. The lowest BCUT2D eigenvalue weighted by atomic mass is 9.75. The van der Waals surface area contributed by atoms with Crippen LogP contribution >= 0.6 is 0 Å². The first kappa shape index (κ1) is 26.7. The summed E-state index contributed by atoms with van der Waals surface area (Å²) in [6, 6.07) is 0. The minimum atomic E-state index is -2.60. The fraction of sp³-hybridized carbons (Fsp3) is 0.875. The maximum Gasteiger partial charge on any atom is 0.511 e. The van der Waals surface area contributed by atoms with Crippen LogP contribution in [0.5, 0.6) is 0 Å². The van der Waals surface area contributed by atoms with E-state index in [1.54, 1.807) is 0 Å². The first-order valence-electron chi connectivity index (χ1n) is 12.3. The van der Waals surface area contributed by atoms with Crippen LogP contribution < -0.4 is 5.73 Å². The third-order valence-corrected chi connectivity index (χ3v) is 7.75. The SMILES string of the molecule is CCCO[C@@H]1C[C@@H]2[C@H]([C@]1(N)C(=O)OC(C)OC(=O)O[C@H]1C[C@@H](C)CC[C@@H]1C(C)C)[C@@]2(F)C(=O)O. The van der Waals surface area contributed by atoms with Crippen LogP contribution in [0.4, 0.5) is 9.18 Å². The Morgan fingerprint density at radius 2 is 1.82 bits per heavy atom. The zero-order valence-electron chi connectivity index (χ0n) is 20.6. The third kappa shape index (κ3) is 4.76. The number of hydrogen-bond donors (Lipinski definition) is 2. The summed E-state index contributed by atoms with van der Waals surface area (Å²) in [5, 5.41) is 9.32. The van der Waals surface area contributed by atoms with Crippen molar-refractivity contribution in [1.29, 1.82) is 0 Å². The number of nitrogens with two attached hydrogens (primary N) is 1. The molecule has 194 valence electrons. The van der Waals surface area contributed by atoms with Crippen LogP contribution in [0.25, 0.3) is 0 Å². The molecule has 1 unspecified atom stereocenters. The Balaban J connectivity index is 1.63. The second-order valence-corrected chi connectivity index (χ2v) is 10.5. The number of alkyl halides is 1. The smallest absolute Gasteiger partial charge is 0.479 e.